The maximum Gasteiger partial charge on any atom is 0.241 e. The number of carbonyl (C=O) groups excluding carboxylic acids is 1. The van der Waals surface area contributed by atoms with Crippen molar-refractivity contribution in [2.45, 2.75) is 63.2 Å². The van der Waals surface area contributed by atoms with Gasteiger partial charge in [-0.05, 0) is 50.0 Å². The Kier molecular flexibility index (Phi) is 12.0. The Hall–Kier alpha value is -1.16. The Morgan fingerprint density at radius 1 is 1.16 bits per heavy atom. The molecule has 1 aliphatic carbocycles. The summed E-state index contributed by atoms with van der Waals surface area (Å²) in [5.74, 6) is 2.18. The fraction of sp³-hybridized carbons (Fsp3) is 0.667. The molecule has 1 amide bonds. The smallest absolute Gasteiger partial charge is 0.241 e. The van der Waals surface area contributed by atoms with E-state index in [1.165, 1.54) is 5.56 Å². The molecule has 1 heterocycles. The molecule has 3 unspecified atom stereocenters. The summed E-state index contributed by atoms with van der Waals surface area (Å²) in [7, 11) is 0.993. The van der Waals surface area contributed by atoms with Crippen molar-refractivity contribution in [3.63, 3.8) is 0 Å². The molecule has 1 saturated carbocycles. The van der Waals surface area contributed by atoms with Gasteiger partial charge in [-0.1, -0.05) is 43.7 Å². The molecule has 0 radical (unpaired) electrons. The molecule has 180 valence electrons. The number of benzene rings is 1. The van der Waals surface area contributed by atoms with E-state index < -0.39 is 10.8 Å². The number of guanidine groups is 1. The number of halogens is 1. The highest BCUT2D eigenvalue weighted by molar-refractivity contribution is 14.0. The summed E-state index contributed by atoms with van der Waals surface area (Å²) in [5.41, 5.74) is 1.39. The second-order valence-corrected chi connectivity index (χ2v) is 10.7. The van der Waals surface area contributed by atoms with Crippen LogP contribution in [0.1, 0.15) is 51.0 Å². The van der Waals surface area contributed by atoms with Crippen molar-refractivity contribution in [3.8, 4) is 0 Å². The van der Waals surface area contributed by atoms with Crippen LogP contribution in [-0.2, 0) is 22.0 Å². The van der Waals surface area contributed by atoms with E-state index in [-0.39, 0.29) is 47.7 Å². The van der Waals surface area contributed by atoms with Crippen LogP contribution >= 0.6 is 24.0 Å². The van der Waals surface area contributed by atoms with Gasteiger partial charge in [-0.3, -0.25) is 14.0 Å². The lowest BCUT2D eigenvalue weighted by Crippen LogP contribution is -2.50. The molecule has 1 saturated heterocycles. The zero-order chi connectivity index (χ0) is 22.1. The molecular formula is C24H39IN4O2S. The predicted molar refractivity (Wildman–Crippen MR) is 144 cm³/mol. The molecular weight excluding hydrogens is 535 g/mol. The van der Waals surface area contributed by atoms with Crippen molar-refractivity contribution in [2.24, 2.45) is 10.9 Å². The van der Waals surface area contributed by atoms with E-state index in [2.05, 4.69) is 46.0 Å². The monoisotopic (exact) mass is 574 g/mol. The van der Waals surface area contributed by atoms with Crippen molar-refractivity contribution >= 4 is 46.6 Å². The van der Waals surface area contributed by atoms with Crippen LogP contribution in [0.4, 0.5) is 0 Å². The van der Waals surface area contributed by atoms with Gasteiger partial charge in [-0.25, -0.2) is 0 Å². The van der Waals surface area contributed by atoms with E-state index in [9.17, 15) is 9.00 Å². The van der Waals surface area contributed by atoms with Crippen LogP contribution in [0.3, 0.4) is 0 Å². The number of hydrogen-bond donors (Lipinski definition) is 2. The maximum atomic E-state index is 12.7. The Morgan fingerprint density at radius 2 is 1.88 bits per heavy atom. The van der Waals surface area contributed by atoms with E-state index in [0.717, 1.165) is 63.8 Å². The number of rotatable bonds is 7. The van der Waals surface area contributed by atoms with Gasteiger partial charge in [0.2, 0.25) is 5.91 Å². The molecule has 8 heteroatoms. The molecule has 32 heavy (non-hydrogen) atoms. The van der Waals surface area contributed by atoms with Gasteiger partial charge in [0.15, 0.2) is 5.96 Å². The van der Waals surface area contributed by atoms with E-state index >= 15 is 0 Å². The molecule has 1 aliphatic heterocycles. The van der Waals surface area contributed by atoms with E-state index in [4.69, 9.17) is 0 Å². The Balaban J connectivity index is 0.00000363. The quantitative estimate of drug-likeness (QED) is 0.298. The second-order valence-electron chi connectivity index (χ2n) is 8.74. The molecule has 3 rings (SSSR count). The first-order valence-electron chi connectivity index (χ1n) is 11.7. The number of nitrogens with zero attached hydrogens (tertiary/aromatic N) is 2. The first-order valence-corrected chi connectivity index (χ1v) is 13.1. The maximum absolute atomic E-state index is 12.7. The van der Waals surface area contributed by atoms with Gasteiger partial charge in [-0.2, -0.15) is 0 Å². The highest BCUT2D eigenvalue weighted by Crippen LogP contribution is 2.23. The minimum Gasteiger partial charge on any atom is -0.354 e. The van der Waals surface area contributed by atoms with Crippen LogP contribution in [0, 0.1) is 5.92 Å². The summed E-state index contributed by atoms with van der Waals surface area (Å²) in [6, 6.07) is 10.9. The van der Waals surface area contributed by atoms with Crippen LogP contribution in [0.2, 0.25) is 0 Å². The van der Waals surface area contributed by atoms with Gasteiger partial charge < -0.3 is 15.5 Å². The van der Waals surface area contributed by atoms with Gasteiger partial charge in [0.25, 0.3) is 0 Å². The fourth-order valence-corrected chi connectivity index (χ4v) is 6.09. The molecule has 6 nitrogen and oxygen atoms in total. The Bertz CT molecular complexity index is 754. The van der Waals surface area contributed by atoms with Crippen LogP contribution in [0.15, 0.2) is 35.3 Å². The third kappa shape index (κ3) is 8.32. The van der Waals surface area contributed by atoms with Crippen molar-refractivity contribution in [1.29, 1.82) is 0 Å². The van der Waals surface area contributed by atoms with Gasteiger partial charge in [0.05, 0.1) is 6.54 Å². The molecule has 0 bridgehead atoms. The first kappa shape index (κ1) is 27.1. The van der Waals surface area contributed by atoms with Gasteiger partial charge >= 0.3 is 0 Å². The molecule has 3 atom stereocenters. The fourth-order valence-electron chi connectivity index (χ4n) is 4.74. The van der Waals surface area contributed by atoms with Crippen LogP contribution < -0.4 is 10.6 Å². The summed E-state index contributed by atoms with van der Waals surface area (Å²) in [6.07, 6.45) is 7.32. The minimum atomic E-state index is -0.743. The molecule has 2 aliphatic rings. The van der Waals surface area contributed by atoms with Crippen molar-refractivity contribution in [1.82, 2.24) is 15.5 Å². The topological polar surface area (TPSA) is 73.8 Å². The average Bonchev–Trinajstić information content (AvgIpc) is 2.82. The van der Waals surface area contributed by atoms with Crippen molar-refractivity contribution in [3.05, 3.63) is 35.9 Å². The summed E-state index contributed by atoms with van der Waals surface area (Å²) in [5, 5.41) is 6.91. The summed E-state index contributed by atoms with van der Waals surface area (Å²) in [6.45, 7) is 3.91. The second kappa shape index (κ2) is 14.2. The standard InChI is InChI=1S/C24H38N4O2S.HI/c1-3-31(30)22-11-7-10-21(17-22)27-24(25-2)26-18-23(29)28-14-12-20(13-15-28)16-19-8-5-4-6-9-19;/h4-6,8-9,20-22H,3,7,10-18H2,1-2H3,(H2,25,26,27);1H. The predicted octanol–water partition coefficient (Wildman–Crippen LogP) is 3.33. The van der Waals surface area contributed by atoms with Crippen molar-refractivity contribution < 1.29 is 9.00 Å². The minimum absolute atomic E-state index is 0. The average molecular weight is 575 g/mol. The van der Waals surface area contributed by atoms with E-state index in [0.29, 0.717) is 11.9 Å². The molecule has 2 fully saturated rings. The lowest BCUT2D eigenvalue weighted by atomic mass is 9.90. The van der Waals surface area contributed by atoms with E-state index in [1.54, 1.807) is 7.05 Å². The lowest BCUT2D eigenvalue weighted by molar-refractivity contribution is -0.131. The summed E-state index contributed by atoms with van der Waals surface area (Å²) >= 11 is 0. The zero-order valence-electron chi connectivity index (χ0n) is 19.4. The molecule has 1 aromatic rings. The number of aliphatic imine (C=N–C) groups is 1. The van der Waals surface area contributed by atoms with Crippen molar-refractivity contribution in [2.75, 3.05) is 32.4 Å². The molecule has 2 N–H and O–H groups in total. The molecule has 0 spiro atoms. The molecule has 0 aromatic heterocycles. The summed E-state index contributed by atoms with van der Waals surface area (Å²) in [4.78, 5) is 19.0. The summed E-state index contributed by atoms with van der Waals surface area (Å²) < 4.78 is 12.2. The largest absolute Gasteiger partial charge is 0.354 e. The number of amides is 1. The Labute approximate surface area is 212 Å². The van der Waals surface area contributed by atoms with Crippen LogP contribution in [-0.4, -0.2) is 64.7 Å². The Morgan fingerprint density at radius 3 is 2.53 bits per heavy atom. The lowest BCUT2D eigenvalue weighted by Gasteiger charge is -2.33. The number of likely N-dealkylation sites (tertiary alicyclic amines) is 1. The van der Waals surface area contributed by atoms with E-state index in [1.807, 2.05) is 11.8 Å². The first-order chi connectivity index (χ1) is 15.1. The third-order valence-corrected chi connectivity index (χ3v) is 8.33. The normalized spacial score (nSPS) is 23.2. The van der Waals surface area contributed by atoms with Crippen LogP contribution in [0.5, 0.6) is 0 Å². The highest BCUT2D eigenvalue weighted by atomic mass is 127. The van der Waals surface area contributed by atoms with Gasteiger partial charge in [-0.15, -0.1) is 24.0 Å². The number of carbonyl (C=O) groups is 1. The number of hydrogen-bond acceptors (Lipinski definition) is 3. The van der Waals surface area contributed by atoms with Gasteiger partial charge in [0, 0.05) is 48.0 Å². The molecule has 1 aromatic carbocycles. The number of nitrogens with one attached hydrogen (secondary N) is 2. The zero-order valence-corrected chi connectivity index (χ0v) is 22.6. The highest BCUT2D eigenvalue weighted by Gasteiger charge is 2.27. The number of piperidine rings is 1. The third-order valence-electron chi connectivity index (χ3n) is 6.59. The SMILES string of the molecule is CCS(=O)C1CCCC(NC(=NC)NCC(=O)N2CCC(Cc3ccccc3)CC2)C1.I. The van der Waals surface area contributed by atoms with Gasteiger partial charge in [0.1, 0.15) is 0 Å². The van der Waals surface area contributed by atoms with Crippen LogP contribution in [0.25, 0.3) is 0 Å².